The lowest BCUT2D eigenvalue weighted by atomic mass is 9.98. The van der Waals surface area contributed by atoms with Crippen molar-refractivity contribution < 1.29 is 20.1 Å². The first-order valence-electron chi connectivity index (χ1n) is 7.00. The minimum Gasteiger partial charge on any atom is -0.395 e. The van der Waals surface area contributed by atoms with Gasteiger partial charge >= 0.3 is 0 Å². The second-order valence-corrected chi connectivity index (χ2v) is 4.99. The largest absolute Gasteiger partial charge is 0.395 e. The fraction of sp³-hybridized carbons (Fsp3) is 1.00. The number of nitrogens with zero attached hydrogens (tertiary/aromatic N) is 1. The summed E-state index contributed by atoms with van der Waals surface area (Å²) in [6.45, 7) is 1.81. The molecule has 6 heteroatoms. The van der Waals surface area contributed by atoms with Gasteiger partial charge in [-0.15, -0.1) is 12.4 Å². The Bertz CT molecular complexity index is 197. The van der Waals surface area contributed by atoms with E-state index in [0.29, 0.717) is 32.3 Å². The average Bonchev–Trinajstić information content (AvgIpc) is 2.38. The van der Waals surface area contributed by atoms with Crippen LogP contribution < -0.4 is 0 Å². The van der Waals surface area contributed by atoms with Gasteiger partial charge in [0.05, 0.1) is 32.0 Å². The maximum Gasteiger partial charge on any atom is 0.0900 e. The minimum atomic E-state index is -0.551. The van der Waals surface area contributed by atoms with Gasteiger partial charge in [-0.05, 0) is 12.8 Å². The molecule has 0 bridgehead atoms. The van der Waals surface area contributed by atoms with Crippen molar-refractivity contribution in [3.05, 3.63) is 0 Å². The van der Waals surface area contributed by atoms with Crippen molar-refractivity contribution in [2.45, 2.75) is 44.3 Å². The molecule has 1 rings (SSSR count). The van der Waals surface area contributed by atoms with Crippen LogP contribution >= 0.6 is 12.4 Å². The Labute approximate surface area is 122 Å². The normalized spacial score (nSPS) is 18.3. The van der Waals surface area contributed by atoms with Crippen molar-refractivity contribution in [2.24, 2.45) is 0 Å². The summed E-state index contributed by atoms with van der Waals surface area (Å²) in [5, 5.41) is 27.6. The summed E-state index contributed by atoms with van der Waals surface area (Å²) in [6, 6.07) is 0. The van der Waals surface area contributed by atoms with Crippen LogP contribution in [0.3, 0.4) is 0 Å². The highest BCUT2D eigenvalue weighted by molar-refractivity contribution is 5.85. The first-order chi connectivity index (χ1) is 8.76. The molecule has 0 radical (unpaired) electrons. The summed E-state index contributed by atoms with van der Waals surface area (Å²) in [5.74, 6) is 0. The van der Waals surface area contributed by atoms with Gasteiger partial charge < -0.3 is 20.1 Å². The Kier molecular flexibility index (Phi) is 11.9. The molecule has 1 saturated carbocycles. The third-order valence-corrected chi connectivity index (χ3v) is 3.38. The predicted molar refractivity (Wildman–Crippen MR) is 76.7 cm³/mol. The molecule has 1 aliphatic rings. The van der Waals surface area contributed by atoms with E-state index < -0.39 is 6.10 Å². The van der Waals surface area contributed by atoms with Gasteiger partial charge in [0.25, 0.3) is 0 Å². The van der Waals surface area contributed by atoms with Gasteiger partial charge in [-0.2, -0.15) is 0 Å². The first kappa shape index (κ1) is 19.1. The molecule has 1 unspecified atom stereocenters. The molecular formula is C13H28ClNO4. The number of aliphatic hydroxyl groups excluding tert-OH is 3. The molecule has 3 N–H and O–H groups in total. The molecule has 0 aromatic rings. The molecule has 0 heterocycles. The van der Waals surface area contributed by atoms with Crippen LogP contribution in [0.15, 0.2) is 0 Å². The topological polar surface area (TPSA) is 73.2 Å². The van der Waals surface area contributed by atoms with E-state index in [2.05, 4.69) is 0 Å². The quantitative estimate of drug-likeness (QED) is 0.575. The van der Waals surface area contributed by atoms with Crippen molar-refractivity contribution in [3.63, 3.8) is 0 Å². The molecule has 0 spiro atoms. The maximum atomic E-state index is 9.87. The van der Waals surface area contributed by atoms with E-state index >= 15 is 0 Å². The van der Waals surface area contributed by atoms with E-state index in [9.17, 15) is 5.11 Å². The zero-order valence-corrected chi connectivity index (χ0v) is 12.4. The fourth-order valence-electron chi connectivity index (χ4n) is 2.41. The van der Waals surface area contributed by atoms with Crippen LogP contribution in [0, 0.1) is 0 Å². The molecule has 0 aliphatic heterocycles. The van der Waals surface area contributed by atoms with Gasteiger partial charge in [-0.1, -0.05) is 19.3 Å². The van der Waals surface area contributed by atoms with Crippen LogP contribution in [0.25, 0.3) is 0 Å². The zero-order valence-electron chi connectivity index (χ0n) is 11.5. The summed E-state index contributed by atoms with van der Waals surface area (Å²) in [7, 11) is 0. The van der Waals surface area contributed by atoms with Crippen molar-refractivity contribution in [1.82, 2.24) is 4.90 Å². The van der Waals surface area contributed by atoms with E-state index in [-0.39, 0.29) is 25.6 Å². The van der Waals surface area contributed by atoms with Gasteiger partial charge in [-0.3, -0.25) is 4.90 Å². The highest BCUT2D eigenvalue weighted by atomic mass is 35.5. The van der Waals surface area contributed by atoms with Crippen LogP contribution in [0.2, 0.25) is 0 Å². The molecule has 1 fully saturated rings. The lowest BCUT2D eigenvalue weighted by Crippen LogP contribution is -2.39. The van der Waals surface area contributed by atoms with Crippen molar-refractivity contribution in [2.75, 3.05) is 39.5 Å². The monoisotopic (exact) mass is 297 g/mol. The number of aliphatic hydroxyl groups is 3. The van der Waals surface area contributed by atoms with E-state index in [1.807, 2.05) is 4.90 Å². The smallest absolute Gasteiger partial charge is 0.0900 e. The second kappa shape index (κ2) is 11.9. The minimum absolute atomic E-state index is 0. The molecule has 116 valence electrons. The third kappa shape index (κ3) is 8.78. The average molecular weight is 298 g/mol. The van der Waals surface area contributed by atoms with Gasteiger partial charge in [0.1, 0.15) is 0 Å². The number of rotatable bonds is 9. The molecule has 0 aromatic heterocycles. The molecule has 0 saturated heterocycles. The third-order valence-electron chi connectivity index (χ3n) is 3.38. The number of hydrogen-bond acceptors (Lipinski definition) is 5. The van der Waals surface area contributed by atoms with Crippen molar-refractivity contribution >= 4 is 12.4 Å². The molecular weight excluding hydrogens is 270 g/mol. The van der Waals surface area contributed by atoms with E-state index in [1.165, 1.54) is 19.3 Å². The summed E-state index contributed by atoms with van der Waals surface area (Å²) in [4.78, 5) is 1.84. The molecule has 1 aliphatic carbocycles. The Hall–Kier alpha value is 0.0900. The SMILES string of the molecule is Cl.OCCN(CCO)CC(O)COC1CCCCC1. The standard InChI is InChI=1S/C13H27NO4.ClH/c15-8-6-14(7-9-16)10-12(17)11-18-13-4-2-1-3-5-13;/h12-13,15-17H,1-11H2;1H. The lowest BCUT2D eigenvalue weighted by Gasteiger charge is -2.26. The van der Waals surface area contributed by atoms with E-state index in [4.69, 9.17) is 14.9 Å². The van der Waals surface area contributed by atoms with E-state index in [0.717, 1.165) is 12.8 Å². The van der Waals surface area contributed by atoms with Crippen LogP contribution in [0.1, 0.15) is 32.1 Å². The van der Waals surface area contributed by atoms with Crippen LogP contribution in [-0.4, -0.2) is 71.9 Å². The first-order valence-corrected chi connectivity index (χ1v) is 7.00. The number of ether oxygens (including phenoxy) is 1. The van der Waals surface area contributed by atoms with E-state index in [1.54, 1.807) is 0 Å². The summed E-state index contributed by atoms with van der Waals surface area (Å²) < 4.78 is 5.70. The summed E-state index contributed by atoms with van der Waals surface area (Å²) in [5.41, 5.74) is 0. The Balaban J connectivity index is 0.00000324. The molecule has 1 atom stereocenters. The van der Waals surface area contributed by atoms with Crippen molar-refractivity contribution in [1.29, 1.82) is 0 Å². The highest BCUT2D eigenvalue weighted by Crippen LogP contribution is 2.20. The molecule has 0 amide bonds. The van der Waals surface area contributed by atoms with Gasteiger partial charge in [0.2, 0.25) is 0 Å². The zero-order chi connectivity index (χ0) is 13.2. The summed E-state index contributed by atoms with van der Waals surface area (Å²) >= 11 is 0. The van der Waals surface area contributed by atoms with Crippen LogP contribution in [-0.2, 0) is 4.74 Å². The Morgan fingerprint density at radius 2 is 1.63 bits per heavy atom. The predicted octanol–water partition coefficient (Wildman–Crippen LogP) is 0.405. The second-order valence-electron chi connectivity index (χ2n) is 4.99. The highest BCUT2D eigenvalue weighted by Gasteiger charge is 2.17. The molecule has 19 heavy (non-hydrogen) atoms. The van der Waals surface area contributed by atoms with Gasteiger partial charge in [-0.25, -0.2) is 0 Å². The Morgan fingerprint density at radius 1 is 1.05 bits per heavy atom. The number of halogens is 1. The fourth-order valence-corrected chi connectivity index (χ4v) is 2.41. The van der Waals surface area contributed by atoms with Crippen molar-refractivity contribution in [3.8, 4) is 0 Å². The molecule has 0 aromatic carbocycles. The van der Waals surface area contributed by atoms with Gasteiger partial charge in [0.15, 0.2) is 0 Å². The van der Waals surface area contributed by atoms with Gasteiger partial charge in [0, 0.05) is 19.6 Å². The summed E-state index contributed by atoms with van der Waals surface area (Å²) in [6.07, 6.45) is 5.70. The van der Waals surface area contributed by atoms with Crippen LogP contribution in [0.5, 0.6) is 0 Å². The lowest BCUT2D eigenvalue weighted by molar-refractivity contribution is -0.0352. The van der Waals surface area contributed by atoms with Crippen LogP contribution in [0.4, 0.5) is 0 Å². The molecule has 5 nitrogen and oxygen atoms in total. The maximum absolute atomic E-state index is 9.87. The number of hydrogen-bond donors (Lipinski definition) is 3. The Morgan fingerprint density at radius 3 is 2.16 bits per heavy atom.